The van der Waals surface area contributed by atoms with Crippen LogP contribution in [0.1, 0.15) is 5.56 Å². The molecular formula is C22H24ClF3N4O. The Morgan fingerprint density at radius 3 is 2.10 bits per heavy atom. The minimum atomic E-state index is -4.34. The molecule has 1 fully saturated rings. The second kappa shape index (κ2) is 8.96. The van der Waals surface area contributed by atoms with Crippen LogP contribution < -0.4 is 10.6 Å². The van der Waals surface area contributed by atoms with Crippen molar-refractivity contribution in [2.45, 2.75) is 19.3 Å². The van der Waals surface area contributed by atoms with Crippen LogP contribution in [0.4, 0.5) is 18.9 Å². The summed E-state index contributed by atoms with van der Waals surface area (Å²) in [6.07, 6.45) is -4.34. The Bertz CT molecular complexity index is 1100. The first-order valence-corrected chi connectivity index (χ1v) is 10.8. The molecule has 0 unspecified atom stereocenters. The summed E-state index contributed by atoms with van der Waals surface area (Å²) in [6, 6.07) is 13.2. The molecule has 0 saturated carbocycles. The second-order valence-electron chi connectivity index (χ2n) is 7.64. The van der Waals surface area contributed by atoms with Gasteiger partial charge >= 0.3 is 11.9 Å². The highest BCUT2D eigenvalue weighted by Gasteiger charge is 2.31. The second-order valence-corrected chi connectivity index (χ2v) is 8.02. The first-order chi connectivity index (χ1) is 14.9. The summed E-state index contributed by atoms with van der Waals surface area (Å²) in [7, 11) is 0. The lowest BCUT2D eigenvalue weighted by Gasteiger charge is -2.36. The van der Waals surface area contributed by atoms with E-state index in [0.29, 0.717) is 44.3 Å². The summed E-state index contributed by atoms with van der Waals surface area (Å²) in [5.74, 6) is 0.366. The smallest absolute Gasteiger partial charge is 0.369 e. The lowest BCUT2D eigenvalue weighted by molar-refractivity contribution is -0.137. The monoisotopic (exact) mass is 452 g/mol. The van der Waals surface area contributed by atoms with Crippen LogP contribution in [0, 0.1) is 0 Å². The summed E-state index contributed by atoms with van der Waals surface area (Å²) < 4.78 is 42.4. The van der Waals surface area contributed by atoms with Gasteiger partial charge in [-0.05, 0) is 30.3 Å². The van der Waals surface area contributed by atoms with Crippen LogP contribution in [-0.4, -0.2) is 52.6 Å². The number of halogens is 4. The molecule has 2 heterocycles. The Hall–Kier alpha value is -2.45. The van der Waals surface area contributed by atoms with E-state index in [4.69, 9.17) is 11.6 Å². The van der Waals surface area contributed by atoms with Crippen molar-refractivity contribution >= 4 is 28.3 Å². The van der Waals surface area contributed by atoms with Crippen LogP contribution >= 0.6 is 11.6 Å². The molecule has 0 amide bonds. The number of aryl methyl sites for hydroxylation is 1. The van der Waals surface area contributed by atoms with Crippen molar-refractivity contribution in [1.29, 1.82) is 0 Å². The van der Waals surface area contributed by atoms with Gasteiger partial charge in [0.1, 0.15) is 0 Å². The molecule has 5 nitrogen and oxygen atoms in total. The van der Waals surface area contributed by atoms with E-state index in [-0.39, 0.29) is 5.69 Å². The van der Waals surface area contributed by atoms with Crippen LogP contribution in [0.5, 0.6) is 0 Å². The normalized spacial score (nSPS) is 15.7. The number of benzene rings is 2. The predicted octanol–water partition coefficient (Wildman–Crippen LogP) is 3.88. The Labute approximate surface area is 183 Å². The Morgan fingerprint density at radius 1 is 0.839 bits per heavy atom. The summed E-state index contributed by atoms with van der Waals surface area (Å²) >= 11 is 5.87. The molecule has 31 heavy (non-hydrogen) atoms. The summed E-state index contributed by atoms with van der Waals surface area (Å²) in [5.41, 5.74) is 1.67. The summed E-state index contributed by atoms with van der Waals surface area (Å²) in [5, 5.41) is 0. The third kappa shape index (κ3) is 4.60. The first kappa shape index (κ1) is 21.8. The number of imidazole rings is 1. The van der Waals surface area contributed by atoms with Crippen LogP contribution in [0.2, 0.25) is 0 Å². The maximum absolute atomic E-state index is 13.0. The lowest BCUT2D eigenvalue weighted by Crippen LogP contribution is -2.47. The zero-order valence-corrected chi connectivity index (χ0v) is 17.7. The van der Waals surface area contributed by atoms with Crippen molar-refractivity contribution in [3.8, 4) is 0 Å². The van der Waals surface area contributed by atoms with E-state index in [1.54, 1.807) is 15.2 Å². The number of hydrogen-bond acceptors (Lipinski definition) is 3. The van der Waals surface area contributed by atoms with Crippen molar-refractivity contribution in [2.75, 3.05) is 43.5 Å². The summed E-state index contributed by atoms with van der Waals surface area (Å²) in [4.78, 5) is 17.1. The van der Waals surface area contributed by atoms with Crippen molar-refractivity contribution in [3.63, 3.8) is 0 Å². The maximum Gasteiger partial charge on any atom is 0.416 e. The number of aromatic nitrogens is 2. The molecule has 0 radical (unpaired) electrons. The van der Waals surface area contributed by atoms with Gasteiger partial charge in [-0.3, -0.25) is 14.0 Å². The quantitative estimate of drug-likeness (QED) is 0.532. The summed E-state index contributed by atoms with van der Waals surface area (Å²) in [6.45, 7) is 4.46. The minimum Gasteiger partial charge on any atom is -0.369 e. The fourth-order valence-corrected chi connectivity index (χ4v) is 4.31. The number of piperazine rings is 1. The molecule has 9 heteroatoms. The fraction of sp³-hybridized carbons (Fsp3) is 0.409. The maximum atomic E-state index is 13.0. The molecule has 1 aliphatic heterocycles. The van der Waals surface area contributed by atoms with Gasteiger partial charge in [-0.1, -0.05) is 18.2 Å². The molecule has 166 valence electrons. The van der Waals surface area contributed by atoms with E-state index < -0.39 is 11.7 Å². The lowest BCUT2D eigenvalue weighted by atomic mass is 10.1. The topological polar surface area (TPSA) is 33.4 Å². The molecule has 1 aliphatic rings. The van der Waals surface area contributed by atoms with E-state index >= 15 is 0 Å². The molecule has 4 rings (SSSR count). The Balaban J connectivity index is 1.41. The van der Waals surface area contributed by atoms with Gasteiger partial charge in [-0.15, -0.1) is 11.6 Å². The highest BCUT2D eigenvalue weighted by molar-refractivity contribution is 6.17. The number of anilines is 1. The zero-order valence-electron chi connectivity index (χ0n) is 17.0. The van der Waals surface area contributed by atoms with E-state index in [2.05, 4.69) is 4.90 Å². The average molecular weight is 453 g/mol. The fourth-order valence-electron chi connectivity index (χ4n) is 4.14. The van der Waals surface area contributed by atoms with E-state index in [1.165, 1.54) is 12.1 Å². The van der Waals surface area contributed by atoms with Crippen molar-refractivity contribution in [2.24, 2.45) is 0 Å². The van der Waals surface area contributed by atoms with Crippen LogP contribution in [-0.2, 0) is 19.3 Å². The van der Waals surface area contributed by atoms with Gasteiger partial charge in [-0.2, -0.15) is 13.2 Å². The van der Waals surface area contributed by atoms with Gasteiger partial charge in [-0.25, -0.2) is 4.79 Å². The highest BCUT2D eigenvalue weighted by atomic mass is 35.5. The van der Waals surface area contributed by atoms with Gasteiger partial charge in [0, 0.05) is 57.4 Å². The van der Waals surface area contributed by atoms with Crippen LogP contribution in [0.3, 0.4) is 0 Å². The zero-order chi connectivity index (χ0) is 22.0. The molecule has 0 spiro atoms. The largest absolute Gasteiger partial charge is 0.416 e. The number of hydrogen-bond donors (Lipinski definition) is 0. The van der Waals surface area contributed by atoms with E-state index in [9.17, 15) is 18.0 Å². The van der Waals surface area contributed by atoms with Gasteiger partial charge in [0.2, 0.25) is 0 Å². The van der Waals surface area contributed by atoms with Crippen molar-refractivity contribution in [1.82, 2.24) is 14.0 Å². The molecule has 1 aromatic heterocycles. The van der Waals surface area contributed by atoms with Crippen molar-refractivity contribution < 1.29 is 13.2 Å². The molecule has 2 aromatic carbocycles. The predicted molar refractivity (Wildman–Crippen MR) is 117 cm³/mol. The number of rotatable bonds is 6. The Kier molecular flexibility index (Phi) is 6.29. The Morgan fingerprint density at radius 2 is 1.48 bits per heavy atom. The van der Waals surface area contributed by atoms with E-state index in [0.717, 1.165) is 30.2 Å². The van der Waals surface area contributed by atoms with Crippen LogP contribution in [0.15, 0.2) is 53.3 Å². The number of nitrogens with zero attached hydrogens (tertiary/aromatic N) is 4. The number of para-hydroxylation sites is 2. The standard InChI is InChI=1S/C22H24ClF3N4O/c23-8-9-29-19-6-1-2-7-20(19)30(21(29)31)15-12-27-10-13-28(14-11-27)18-5-3-4-17(16-18)22(24,25)26/h1-7,16H,8-15H2. The number of alkyl halides is 4. The molecule has 0 bridgehead atoms. The average Bonchev–Trinajstić information content (AvgIpc) is 3.03. The first-order valence-electron chi connectivity index (χ1n) is 10.3. The van der Waals surface area contributed by atoms with E-state index in [1.807, 2.05) is 29.2 Å². The molecule has 0 N–H and O–H groups in total. The molecular weight excluding hydrogens is 429 g/mol. The van der Waals surface area contributed by atoms with Gasteiger partial charge in [0.05, 0.1) is 16.6 Å². The molecule has 0 aliphatic carbocycles. The van der Waals surface area contributed by atoms with Crippen LogP contribution in [0.25, 0.3) is 11.0 Å². The minimum absolute atomic E-state index is 0.0653. The van der Waals surface area contributed by atoms with Crippen molar-refractivity contribution in [3.05, 3.63) is 64.6 Å². The third-order valence-electron chi connectivity index (χ3n) is 5.78. The number of fused-ring (bicyclic) bond motifs is 1. The molecule has 3 aromatic rings. The third-order valence-corrected chi connectivity index (χ3v) is 5.95. The molecule has 1 saturated heterocycles. The van der Waals surface area contributed by atoms with Gasteiger partial charge in [0.25, 0.3) is 0 Å². The van der Waals surface area contributed by atoms with Gasteiger partial charge in [0.15, 0.2) is 0 Å². The molecule has 0 atom stereocenters. The van der Waals surface area contributed by atoms with Gasteiger partial charge < -0.3 is 4.90 Å². The highest BCUT2D eigenvalue weighted by Crippen LogP contribution is 2.31. The SMILES string of the molecule is O=c1n(CCCl)c2ccccc2n1CCN1CCN(c2cccc(C(F)(F)F)c2)CC1.